The zero-order valence-corrected chi connectivity index (χ0v) is 11.9. The number of nitrogens with two attached hydrogens (primary N) is 1. The minimum Gasteiger partial charge on any atom is -0.351 e. The molecule has 17 heavy (non-hydrogen) atoms. The molecule has 1 aliphatic rings. The van der Waals surface area contributed by atoms with Gasteiger partial charge in [-0.05, 0) is 36.0 Å². The number of hydrogen-bond acceptors (Lipinski definition) is 4. The first kappa shape index (κ1) is 12.8. The molecule has 2 N–H and O–H groups in total. The maximum atomic E-state index is 5.80. The minimum absolute atomic E-state index is 0.479. The number of nitrogens with zero attached hydrogens (tertiary/aromatic N) is 3. The molecule has 0 aromatic carbocycles. The molecule has 94 valence electrons. The van der Waals surface area contributed by atoms with Crippen LogP contribution in [0.4, 0.5) is 5.82 Å². The molecular weight excluding hydrogens is 280 g/mol. The predicted octanol–water partition coefficient (Wildman–Crippen LogP) is 1.44. The molecule has 1 atom stereocenters. The SMILES string of the molecule is CC1CN(C)CCN1c1ncc(Br)cc1CN. The zero-order chi connectivity index (χ0) is 12.4. The van der Waals surface area contributed by atoms with Gasteiger partial charge < -0.3 is 15.5 Å². The van der Waals surface area contributed by atoms with Gasteiger partial charge in [0.15, 0.2) is 0 Å². The van der Waals surface area contributed by atoms with Crippen LogP contribution in [-0.2, 0) is 6.54 Å². The van der Waals surface area contributed by atoms with E-state index in [1.54, 1.807) is 0 Å². The van der Waals surface area contributed by atoms with Gasteiger partial charge in [0.25, 0.3) is 0 Å². The summed E-state index contributed by atoms with van der Waals surface area (Å²) in [4.78, 5) is 9.23. The Balaban J connectivity index is 2.27. The highest BCUT2D eigenvalue weighted by Gasteiger charge is 2.24. The predicted molar refractivity (Wildman–Crippen MR) is 74.1 cm³/mol. The second kappa shape index (κ2) is 5.33. The molecule has 0 saturated carbocycles. The van der Waals surface area contributed by atoms with Crippen molar-refractivity contribution in [3.63, 3.8) is 0 Å². The lowest BCUT2D eigenvalue weighted by Gasteiger charge is -2.39. The summed E-state index contributed by atoms with van der Waals surface area (Å²) in [7, 11) is 2.16. The molecular formula is C12H19BrN4. The summed E-state index contributed by atoms with van der Waals surface area (Å²) in [6, 6.07) is 2.54. The highest BCUT2D eigenvalue weighted by Crippen LogP contribution is 2.24. The fraction of sp³-hybridized carbons (Fsp3) is 0.583. The number of piperazine rings is 1. The first-order valence-corrected chi connectivity index (χ1v) is 6.70. The van der Waals surface area contributed by atoms with E-state index in [9.17, 15) is 0 Å². The molecule has 4 nitrogen and oxygen atoms in total. The van der Waals surface area contributed by atoms with Crippen molar-refractivity contribution >= 4 is 21.7 Å². The number of pyridine rings is 1. The van der Waals surface area contributed by atoms with Gasteiger partial charge in [-0.25, -0.2) is 4.98 Å². The smallest absolute Gasteiger partial charge is 0.133 e. The summed E-state index contributed by atoms with van der Waals surface area (Å²) < 4.78 is 0.989. The molecule has 0 aliphatic carbocycles. The number of hydrogen-bond donors (Lipinski definition) is 1. The van der Waals surface area contributed by atoms with E-state index in [0.717, 1.165) is 35.5 Å². The lowest BCUT2D eigenvalue weighted by molar-refractivity contribution is 0.274. The van der Waals surface area contributed by atoms with Crippen molar-refractivity contribution in [3.05, 3.63) is 22.3 Å². The Morgan fingerprint density at radius 3 is 2.94 bits per heavy atom. The van der Waals surface area contributed by atoms with Crippen LogP contribution >= 0.6 is 15.9 Å². The summed E-state index contributed by atoms with van der Waals surface area (Å²) in [6.45, 7) is 5.92. The van der Waals surface area contributed by atoms with E-state index in [1.165, 1.54) is 0 Å². The summed E-state index contributed by atoms with van der Waals surface area (Å²) in [5.41, 5.74) is 6.91. The van der Waals surface area contributed by atoms with Crippen molar-refractivity contribution in [2.24, 2.45) is 5.73 Å². The molecule has 5 heteroatoms. The van der Waals surface area contributed by atoms with Gasteiger partial charge >= 0.3 is 0 Å². The second-order valence-corrected chi connectivity index (χ2v) is 5.56. The van der Waals surface area contributed by atoms with Crippen LogP contribution in [-0.4, -0.2) is 42.6 Å². The van der Waals surface area contributed by atoms with Crippen LogP contribution in [0.3, 0.4) is 0 Å². The van der Waals surface area contributed by atoms with Crippen molar-refractivity contribution in [1.82, 2.24) is 9.88 Å². The van der Waals surface area contributed by atoms with E-state index in [0.29, 0.717) is 12.6 Å². The van der Waals surface area contributed by atoms with Crippen LogP contribution in [0.15, 0.2) is 16.7 Å². The molecule has 1 unspecified atom stereocenters. The van der Waals surface area contributed by atoms with Crippen molar-refractivity contribution in [2.45, 2.75) is 19.5 Å². The van der Waals surface area contributed by atoms with Crippen LogP contribution in [0.1, 0.15) is 12.5 Å². The van der Waals surface area contributed by atoms with Crippen molar-refractivity contribution < 1.29 is 0 Å². The quantitative estimate of drug-likeness (QED) is 0.897. The maximum Gasteiger partial charge on any atom is 0.133 e. The molecule has 0 bridgehead atoms. The van der Waals surface area contributed by atoms with Crippen LogP contribution in [0.2, 0.25) is 0 Å². The Kier molecular flexibility index (Phi) is 4.01. The lowest BCUT2D eigenvalue weighted by atomic mass is 10.1. The molecule has 2 rings (SSSR count). The standard InChI is InChI=1S/C12H19BrN4/c1-9-8-16(2)3-4-17(9)12-10(6-14)5-11(13)7-15-12/h5,7,9H,3-4,6,8,14H2,1-2H3. The Bertz CT molecular complexity index is 396. The molecule has 0 amide bonds. The second-order valence-electron chi connectivity index (χ2n) is 4.65. The van der Waals surface area contributed by atoms with Crippen LogP contribution in [0.25, 0.3) is 0 Å². The van der Waals surface area contributed by atoms with Crippen molar-refractivity contribution in [1.29, 1.82) is 0 Å². The highest BCUT2D eigenvalue weighted by atomic mass is 79.9. The van der Waals surface area contributed by atoms with E-state index in [-0.39, 0.29) is 0 Å². The van der Waals surface area contributed by atoms with Gasteiger partial charge in [-0.15, -0.1) is 0 Å². The van der Waals surface area contributed by atoms with Gasteiger partial charge in [0.2, 0.25) is 0 Å². The first-order valence-electron chi connectivity index (χ1n) is 5.91. The van der Waals surface area contributed by atoms with Crippen LogP contribution < -0.4 is 10.6 Å². The number of anilines is 1. The average molecular weight is 299 g/mol. The first-order chi connectivity index (χ1) is 8.11. The molecule has 1 aromatic rings. The van der Waals surface area contributed by atoms with Gasteiger partial charge in [0.05, 0.1) is 0 Å². The maximum absolute atomic E-state index is 5.80. The molecule has 1 fully saturated rings. The molecule has 0 spiro atoms. The van der Waals surface area contributed by atoms with Gasteiger partial charge in [-0.3, -0.25) is 0 Å². The Morgan fingerprint density at radius 2 is 2.29 bits per heavy atom. The van der Waals surface area contributed by atoms with Crippen molar-refractivity contribution in [2.75, 3.05) is 31.6 Å². The number of aromatic nitrogens is 1. The molecule has 1 saturated heterocycles. The van der Waals surface area contributed by atoms with Crippen LogP contribution in [0, 0.1) is 0 Å². The Labute approximate surface area is 111 Å². The summed E-state index contributed by atoms with van der Waals surface area (Å²) in [6.07, 6.45) is 1.85. The Morgan fingerprint density at radius 1 is 1.53 bits per heavy atom. The number of halogens is 1. The van der Waals surface area contributed by atoms with Crippen molar-refractivity contribution in [3.8, 4) is 0 Å². The largest absolute Gasteiger partial charge is 0.351 e. The molecule has 0 radical (unpaired) electrons. The van der Waals surface area contributed by atoms with E-state index in [1.807, 2.05) is 6.20 Å². The van der Waals surface area contributed by atoms with E-state index < -0.39 is 0 Å². The van der Waals surface area contributed by atoms with E-state index >= 15 is 0 Å². The fourth-order valence-corrected chi connectivity index (χ4v) is 2.72. The average Bonchev–Trinajstić information content (AvgIpc) is 2.30. The van der Waals surface area contributed by atoms with E-state index in [4.69, 9.17) is 5.73 Å². The van der Waals surface area contributed by atoms with Gasteiger partial charge in [0.1, 0.15) is 5.82 Å². The molecule has 2 heterocycles. The van der Waals surface area contributed by atoms with Gasteiger partial charge in [-0.1, -0.05) is 0 Å². The summed E-state index contributed by atoms with van der Waals surface area (Å²) >= 11 is 3.44. The number of rotatable bonds is 2. The summed E-state index contributed by atoms with van der Waals surface area (Å²) in [5, 5.41) is 0. The minimum atomic E-state index is 0.479. The third-order valence-electron chi connectivity index (χ3n) is 3.23. The lowest BCUT2D eigenvalue weighted by Crippen LogP contribution is -2.51. The molecule has 1 aliphatic heterocycles. The Hall–Kier alpha value is -0.650. The topological polar surface area (TPSA) is 45.4 Å². The van der Waals surface area contributed by atoms with Crippen LogP contribution in [0.5, 0.6) is 0 Å². The number of likely N-dealkylation sites (N-methyl/N-ethyl adjacent to an activating group) is 1. The van der Waals surface area contributed by atoms with E-state index in [2.05, 4.69) is 50.8 Å². The third kappa shape index (κ3) is 2.78. The highest BCUT2D eigenvalue weighted by molar-refractivity contribution is 9.10. The fourth-order valence-electron chi connectivity index (χ4n) is 2.34. The summed E-state index contributed by atoms with van der Waals surface area (Å²) in [5.74, 6) is 1.04. The normalized spacial score (nSPS) is 21.9. The van der Waals surface area contributed by atoms with Gasteiger partial charge in [0, 0.05) is 48.5 Å². The monoisotopic (exact) mass is 298 g/mol. The van der Waals surface area contributed by atoms with Gasteiger partial charge in [-0.2, -0.15) is 0 Å². The molecule has 1 aromatic heterocycles. The third-order valence-corrected chi connectivity index (χ3v) is 3.67. The zero-order valence-electron chi connectivity index (χ0n) is 10.4.